The Kier molecular flexibility index (Phi) is 3.78. The fourth-order valence-electron chi connectivity index (χ4n) is 1.64. The zero-order valence-corrected chi connectivity index (χ0v) is 12.4. The third kappa shape index (κ3) is 2.24. The normalized spacial score (nSPS) is 12.7. The molecule has 0 aromatic carbocycles. The number of anilines is 1. The Morgan fingerprint density at radius 2 is 1.94 bits per heavy atom. The topological polar surface area (TPSA) is 97.5 Å². The summed E-state index contributed by atoms with van der Waals surface area (Å²) in [5.74, 6) is -1.12. The predicted molar refractivity (Wildman–Crippen MR) is 72.9 cm³/mol. The summed E-state index contributed by atoms with van der Waals surface area (Å²) in [6.07, 6.45) is 1.65. The minimum Gasteiger partial charge on any atom is -0.477 e. The van der Waals surface area contributed by atoms with E-state index < -0.39 is 20.6 Å². The SMILES string of the molecule is CCc1c(C(C)(C)S(C)(=O)=O)sc(C(=O)O)c1N. The van der Waals surface area contributed by atoms with Gasteiger partial charge in [0, 0.05) is 11.1 Å². The van der Waals surface area contributed by atoms with Crippen LogP contribution < -0.4 is 5.73 Å². The summed E-state index contributed by atoms with van der Waals surface area (Å²) < 4.78 is 22.5. The van der Waals surface area contributed by atoms with Gasteiger partial charge in [-0.05, 0) is 25.8 Å². The van der Waals surface area contributed by atoms with Crippen molar-refractivity contribution < 1.29 is 18.3 Å². The molecule has 0 amide bonds. The summed E-state index contributed by atoms with van der Waals surface area (Å²) in [6.45, 7) is 4.96. The van der Waals surface area contributed by atoms with Gasteiger partial charge in [0.1, 0.15) is 9.62 Å². The molecule has 1 aromatic rings. The number of carboxylic acids is 1. The van der Waals surface area contributed by atoms with Crippen LogP contribution in [0.3, 0.4) is 0 Å². The molecule has 5 nitrogen and oxygen atoms in total. The van der Waals surface area contributed by atoms with Crippen molar-refractivity contribution >= 4 is 32.8 Å². The Balaban J connectivity index is 3.61. The molecule has 0 spiro atoms. The van der Waals surface area contributed by atoms with Crippen LogP contribution in [0.4, 0.5) is 5.69 Å². The molecule has 0 aliphatic heterocycles. The van der Waals surface area contributed by atoms with E-state index in [1.807, 2.05) is 6.92 Å². The second-order valence-corrected chi connectivity index (χ2v) is 8.18. The van der Waals surface area contributed by atoms with E-state index in [-0.39, 0.29) is 10.6 Å². The van der Waals surface area contributed by atoms with Gasteiger partial charge >= 0.3 is 5.97 Å². The predicted octanol–water partition coefficient (Wildman–Crippen LogP) is 1.87. The maximum absolute atomic E-state index is 11.8. The average Bonchev–Trinajstić information content (AvgIpc) is 2.53. The number of carbonyl (C=O) groups is 1. The number of carboxylic acid groups (broad SMARTS) is 1. The highest BCUT2D eigenvalue weighted by atomic mass is 32.2. The van der Waals surface area contributed by atoms with Gasteiger partial charge in [0.25, 0.3) is 0 Å². The standard InChI is InChI=1S/C11H17NO4S2/c1-5-6-7(12)8(10(13)14)17-9(6)11(2,3)18(4,15)16/h5,12H2,1-4H3,(H,13,14). The zero-order valence-electron chi connectivity index (χ0n) is 10.8. The van der Waals surface area contributed by atoms with Crippen LogP contribution in [0.2, 0.25) is 0 Å². The lowest BCUT2D eigenvalue weighted by Gasteiger charge is -2.22. The molecule has 0 radical (unpaired) electrons. The van der Waals surface area contributed by atoms with Crippen LogP contribution in [0, 0.1) is 0 Å². The molecular weight excluding hydrogens is 274 g/mol. The summed E-state index contributed by atoms with van der Waals surface area (Å²) >= 11 is 0.949. The van der Waals surface area contributed by atoms with E-state index in [4.69, 9.17) is 10.8 Å². The van der Waals surface area contributed by atoms with Gasteiger partial charge < -0.3 is 10.8 Å². The van der Waals surface area contributed by atoms with Gasteiger partial charge in [0.2, 0.25) is 0 Å². The number of thiophene rings is 1. The average molecular weight is 291 g/mol. The number of sulfone groups is 1. The third-order valence-electron chi connectivity index (χ3n) is 3.07. The molecule has 1 rings (SSSR count). The van der Waals surface area contributed by atoms with Crippen LogP contribution in [-0.2, 0) is 21.0 Å². The molecule has 1 aromatic heterocycles. The number of hydrogen-bond acceptors (Lipinski definition) is 5. The van der Waals surface area contributed by atoms with Crippen LogP contribution in [0.5, 0.6) is 0 Å². The second kappa shape index (κ2) is 4.55. The van der Waals surface area contributed by atoms with Gasteiger partial charge in [-0.15, -0.1) is 11.3 Å². The molecular formula is C11H17NO4S2. The molecule has 3 N–H and O–H groups in total. The molecule has 0 fully saturated rings. The van der Waals surface area contributed by atoms with Gasteiger partial charge in [-0.2, -0.15) is 0 Å². The van der Waals surface area contributed by atoms with Crippen molar-refractivity contribution in [2.24, 2.45) is 0 Å². The first-order valence-corrected chi connectivity index (χ1v) is 8.09. The van der Waals surface area contributed by atoms with Gasteiger partial charge in [0.15, 0.2) is 9.84 Å². The van der Waals surface area contributed by atoms with E-state index >= 15 is 0 Å². The van der Waals surface area contributed by atoms with E-state index in [1.54, 1.807) is 13.8 Å². The first kappa shape index (κ1) is 15.0. The number of nitrogens with two attached hydrogens (primary N) is 1. The van der Waals surface area contributed by atoms with Crippen LogP contribution in [0.1, 0.15) is 40.9 Å². The summed E-state index contributed by atoms with van der Waals surface area (Å²) in [6, 6.07) is 0. The maximum Gasteiger partial charge on any atom is 0.348 e. The van der Waals surface area contributed by atoms with Crippen molar-refractivity contribution in [3.05, 3.63) is 15.3 Å². The van der Waals surface area contributed by atoms with Crippen molar-refractivity contribution in [3.63, 3.8) is 0 Å². The molecule has 0 bridgehead atoms. The van der Waals surface area contributed by atoms with E-state index in [1.165, 1.54) is 0 Å². The fraction of sp³-hybridized carbons (Fsp3) is 0.545. The number of hydrogen-bond donors (Lipinski definition) is 2. The number of nitrogen functional groups attached to an aromatic ring is 1. The largest absolute Gasteiger partial charge is 0.477 e. The van der Waals surface area contributed by atoms with Gasteiger partial charge in [-0.1, -0.05) is 6.92 Å². The van der Waals surface area contributed by atoms with E-state index in [9.17, 15) is 13.2 Å². The van der Waals surface area contributed by atoms with Crippen LogP contribution in [0.15, 0.2) is 0 Å². The Morgan fingerprint density at radius 3 is 2.28 bits per heavy atom. The van der Waals surface area contributed by atoms with Crippen molar-refractivity contribution in [3.8, 4) is 0 Å². The molecule has 0 aliphatic carbocycles. The Hall–Kier alpha value is -1.08. The Labute approximate surface area is 111 Å². The molecule has 7 heteroatoms. The first-order valence-electron chi connectivity index (χ1n) is 5.38. The molecule has 0 saturated carbocycles. The van der Waals surface area contributed by atoms with Crippen molar-refractivity contribution in [1.29, 1.82) is 0 Å². The Bertz CT molecular complexity index is 584. The van der Waals surface area contributed by atoms with Gasteiger partial charge in [-0.3, -0.25) is 0 Å². The van der Waals surface area contributed by atoms with Crippen molar-refractivity contribution in [2.45, 2.75) is 31.9 Å². The van der Waals surface area contributed by atoms with Crippen molar-refractivity contribution in [2.75, 3.05) is 12.0 Å². The number of aromatic carboxylic acids is 1. The van der Waals surface area contributed by atoms with Crippen LogP contribution in [-0.4, -0.2) is 25.7 Å². The fourth-order valence-corrected chi connectivity index (χ4v) is 3.83. The first-order chi connectivity index (χ1) is 8.04. The quantitative estimate of drug-likeness (QED) is 0.882. The van der Waals surface area contributed by atoms with E-state index in [0.717, 1.165) is 17.6 Å². The highest BCUT2D eigenvalue weighted by molar-refractivity contribution is 7.91. The van der Waals surface area contributed by atoms with Gasteiger partial charge in [-0.25, -0.2) is 13.2 Å². The van der Waals surface area contributed by atoms with Gasteiger partial charge in [0.05, 0.1) is 5.69 Å². The minimum atomic E-state index is -3.36. The van der Waals surface area contributed by atoms with Crippen molar-refractivity contribution in [1.82, 2.24) is 0 Å². The van der Waals surface area contributed by atoms with E-state index in [0.29, 0.717) is 16.9 Å². The lowest BCUT2D eigenvalue weighted by atomic mass is 10.0. The smallest absolute Gasteiger partial charge is 0.348 e. The summed E-state index contributed by atoms with van der Waals surface area (Å²) in [4.78, 5) is 11.6. The molecule has 18 heavy (non-hydrogen) atoms. The van der Waals surface area contributed by atoms with E-state index in [2.05, 4.69) is 0 Å². The number of rotatable bonds is 4. The van der Waals surface area contributed by atoms with Crippen LogP contribution in [0.25, 0.3) is 0 Å². The minimum absolute atomic E-state index is 0.0126. The summed E-state index contributed by atoms with van der Waals surface area (Å²) in [7, 11) is -3.36. The molecule has 102 valence electrons. The molecule has 1 heterocycles. The lowest BCUT2D eigenvalue weighted by Crippen LogP contribution is -2.28. The molecule has 0 unspecified atom stereocenters. The monoisotopic (exact) mass is 291 g/mol. The summed E-state index contributed by atoms with van der Waals surface area (Å²) in [5.41, 5.74) is 6.59. The molecule has 0 atom stereocenters. The maximum atomic E-state index is 11.8. The summed E-state index contributed by atoms with van der Waals surface area (Å²) in [5, 5.41) is 9.05. The van der Waals surface area contributed by atoms with Crippen LogP contribution >= 0.6 is 11.3 Å². The lowest BCUT2D eigenvalue weighted by molar-refractivity contribution is 0.0703. The Morgan fingerprint density at radius 1 is 1.44 bits per heavy atom. The third-order valence-corrected chi connectivity index (χ3v) is 6.82. The molecule has 0 aliphatic rings. The highest BCUT2D eigenvalue weighted by Crippen LogP contribution is 2.41. The highest BCUT2D eigenvalue weighted by Gasteiger charge is 2.37. The molecule has 0 saturated heterocycles. The zero-order chi connectivity index (χ0) is 14.3. The second-order valence-electron chi connectivity index (χ2n) is 4.59.